The molecule has 0 aliphatic carbocycles. The maximum absolute atomic E-state index is 6.30. The van der Waals surface area contributed by atoms with E-state index >= 15 is 0 Å². The average Bonchev–Trinajstić information content (AvgIpc) is 2.96. The standard InChI is InChI=1S/C17H28N2/c1-2-3-6-15-7-9-16(10-8-15)17(18)11-14-19-12-4-5-13-19/h7-10,17H,2-6,11-14,18H2,1H3. The topological polar surface area (TPSA) is 29.3 Å². The molecule has 106 valence electrons. The van der Waals surface area contributed by atoms with Crippen LogP contribution in [0.3, 0.4) is 0 Å². The smallest absolute Gasteiger partial charge is 0.0307 e. The minimum absolute atomic E-state index is 0.195. The van der Waals surface area contributed by atoms with E-state index in [0.717, 1.165) is 13.0 Å². The van der Waals surface area contributed by atoms with E-state index in [-0.39, 0.29) is 6.04 Å². The van der Waals surface area contributed by atoms with Crippen LogP contribution in [0.2, 0.25) is 0 Å². The molecule has 1 aliphatic heterocycles. The Morgan fingerprint density at radius 1 is 1.16 bits per heavy atom. The molecule has 1 fully saturated rings. The van der Waals surface area contributed by atoms with E-state index in [0.29, 0.717) is 0 Å². The summed E-state index contributed by atoms with van der Waals surface area (Å²) in [5.74, 6) is 0. The van der Waals surface area contributed by atoms with Crippen molar-refractivity contribution in [2.45, 2.75) is 51.5 Å². The summed E-state index contributed by atoms with van der Waals surface area (Å²) < 4.78 is 0. The highest BCUT2D eigenvalue weighted by atomic mass is 15.1. The monoisotopic (exact) mass is 260 g/mol. The van der Waals surface area contributed by atoms with Gasteiger partial charge in [0.2, 0.25) is 0 Å². The van der Waals surface area contributed by atoms with E-state index in [4.69, 9.17) is 5.73 Å². The molecular weight excluding hydrogens is 232 g/mol. The van der Waals surface area contributed by atoms with Crippen LogP contribution in [-0.2, 0) is 6.42 Å². The lowest BCUT2D eigenvalue weighted by Gasteiger charge is -2.18. The van der Waals surface area contributed by atoms with Crippen molar-refractivity contribution in [2.75, 3.05) is 19.6 Å². The highest BCUT2D eigenvalue weighted by Gasteiger charge is 2.13. The minimum Gasteiger partial charge on any atom is -0.324 e. The summed E-state index contributed by atoms with van der Waals surface area (Å²) in [6.45, 7) is 5.92. The van der Waals surface area contributed by atoms with Crippen molar-refractivity contribution in [3.05, 3.63) is 35.4 Å². The van der Waals surface area contributed by atoms with Crippen molar-refractivity contribution in [2.24, 2.45) is 5.73 Å². The largest absolute Gasteiger partial charge is 0.324 e. The van der Waals surface area contributed by atoms with Gasteiger partial charge in [-0.2, -0.15) is 0 Å². The zero-order valence-electron chi connectivity index (χ0n) is 12.3. The van der Waals surface area contributed by atoms with Crippen LogP contribution in [-0.4, -0.2) is 24.5 Å². The number of nitrogens with zero attached hydrogens (tertiary/aromatic N) is 1. The summed E-state index contributed by atoms with van der Waals surface area (Å²) in [6, 6.07) is 9.14. The normalized spacial score (nSPS) is 17.8. The molecule has 1 aliphatic rings. The van der Waals surface area contributed by atoms with Crippen LogP contribution in [0.15, 0.2) is 24.3 Å². The SMILES string of the molecule is CCCCc1ccc(C(N)CCN2CCCC2)cc1. The number of likely N-dealkylation sites (tertiary alicyclic amines) is 1. The lowest BCUT2D eigenvalue weighted by atomic mass is 10.0. The number of hydrogen-bond acceptors (Lipinski definition) is 2. The Kier molecular flexibility index (Phi) is 5.87. The van der Waals surface area contributed by atoms with Gasteiger partial charge in [0.05, 0.1) is 0 Å². The van der Waals surface area contributed by atoms with E-state index in [1.165, 1.54) is 56.3 Å². The molecule has 0 bridgehead atoms. The van der Waals surface area contributed by atoms with Gasteiger partial charge in [-0.05, 0) is 62.9 Å². The second kappa shape index (κ2) is 7.66. The first-order valence-corrected chi connectivity index (χ1v) is 7.86. The molecule has 0 aromatic heterocycles. The molecular formula is C17H28N2. The fourth-order valence-corrected chi connectivity index (χ4v) is 2.81. The number of aryl methyl sites for hydroxylation is 1. The second-order valence-corrected chi connectivity index (χ2v) is 5.79. The van der Waals surface area contributed by atoms with E-state index in [2.05, 4.69) is 36.1 Å². The highest BCUT2D eigenvalue weighted by molar-refractivity contribution is 5.25. The minimum atomic E-state index is 0.195. The van der Waals surface area contributed by atoms with E-state index in [1.807, 2.05) is 0 Å². The first-order chi connectivity index (χ1) is 9.29. The van der Waals surface area contributed by atoms with Crippen LogP contribution in [0.5, 0.6) is 0 Å². The summed E-state index contributed by atoms with van der Waals surface area (Å²) in [7, 11) is 0. The Bertz CT molecular complexity index is 352. The third-order valence-electron chi connectivity index (χ3n) is 4.18. The maximum atomic E-state index is 6.30. The van der Waals surface area contributed by atoms with E-state index in [1.54, 1.807) is 0 Å². The summed E-state index contributed by atoms with van der Waals surface area (Å²) in [6.07, 6.45) is 7.54. The maximum Gasteiger partial charge on any atom is 0.0307 e. The zero-order valence-corrected chi connectivity index (χ0v) is 12.3. The van der Waals surface area contributed by atoms with Crippen LogP contribution in [0.4, 0.5) is 0 Å². The molecule has 1 aromatic rings. The molecule has 2 rings (SSSR count). The molecule has 19 heavy (non-hydrogen) atoms. The molecule has 1 heterocycles. The average molecular weight is 260 g/mol. The van der Waals surface area contributed by atoms with Crippen LogP contribution in [0, 0.1) is 0 Å². The molecule has 1 unspecified atom stereocenters. The highest BCUT2D eigenvalue weighted by Crippen LogP contribution is 2.18. The van der Waals surface area contributed by atoms with E-state index < -0.39 is 0 Å². The van der Waals surface area contributed by atoms with Crippen molar-refractivity contribution in [1.82, 2.24) is 4.90 Å². The van der Waals surface area contributed by atoms with Crippen LogP contribution >= 0.6 is 0 Å². The molecule has 1 saturated heterocycles. The van der Waals surface area contributed by atoms with Crippen molar-refractivity contribution >= 4 is 0 Å². The number of benzene rings is 1. The molecule has 1 aromatic carbocycles. The van der Waals surface area contributed by atoms with Gasteiger partial charge < -0.3 is 10.6 Å². The first kappa shape index (κ1) is 14.5. The zero-order chi connectivity index (χ0) is 13.5. The number of hydrogen-bond donors (Lipinski definition) is 1. The molecule has 0 radical (unpaired) electrons. The van der Waals surface area contributed by atoms with Gasteiger partial charge >= 0.3 is 0 Å². The summed E-state index contributed by atoms with van der Waals surface area (Å²) in [5.41, 5.74) is 9.03. The Hall–Kier alpha value is -0.860. The van der Waals surface area contributed by atoms with Crippen molar-refractivity contribution in [1.29, 1.82) is 0 Å². The fourth-order valence-electron chi connectivity index (χ4n) is 2.81. The van der Waals surface area contributed by atoms with Crippen LogP contribution in [0.25, 0.3) is 0 Å². The third kappa shape index (κ3) is 4.63. The number of unbranched alkanes of at least 4 members (excludes halogenated alkanes) is 1. The van der Waals surface area contributed by atoms with Gasteiger partial charge in [-0.3, -0.25) is 0 Å². The van der Waals surface area contributed by atoms with E-state index in [9.17, 15) is 0 Å². The summed E-state index contributed by atoms with van der Waals surface area (Å²) in [4.78, 5) is 2.54. The molecule has 1 atom stereocenters. The lowest BCUT2D eigenvalue weighted by Crippen LogP contribution is -2.24. The Labute approximate surface area is 118 Å². The fraction of sp³-hybridized carbons (Fsp3) is 0.647. The summed E-state index contributed by atoms with van der Waals surface area (Å²) in [5, 5.41) is 0. The van der Waals surface area contributed by atoms with Gasteiger partial charge in [-0.25, -0.2) is 0 Å². The Morgan fingerprint density at radius 2 is 1.84 bits per heavy atom. The van der Waals surface area contributed by atoms with Crippen molar-refractivity contribution in [3.63, 3.8) is 0 Å². The van der Waals surface area contributed by atoms with Gasteiger partial charge in [0.25, 0.3) is 0 Å². The number of nitrogens with two attached hydrogens (primary N) is 1. The van der Waals surface area contributed by atoms with Gasteiger partial charge in [-0.15, -0.1) is 0 Å². The van der Waals surface area contributed by atoms with Gasteiger partial charge in [0.15, 0.2) is 0 Å². The van der Waals surface area contributed by atoms with Gasteiger partial charge in [-0.1, -0.05) is 37.6 Å². The molecule has 2 heteroatoms. The molecule has 0 saturated carbocycles. The van der Waals surface area contributed by atoms with Crippen molar-refractivity contribution in [3.8, 4) is 0 Å². The van der Waals surface area contributed by atoms with Gasteiger partial charge in [0, 0.05) is 6.04 Å². The lowest BCUT2D eigenvalue weighted by molar-refractivity contribution is 0.322. The molecule has 0 amide bonds. The summed E-state index contributed by atoms with van der Waals surface area (Å²) >= 11 is 0. The third-order valence-corrected chi connectivity index (χ3v) is 4.18. The number of rotatable bonds is 7. The van der Waals surface area contributed by atoms with Crippen molar-refractivity contribution < 1.29 is 0 Å². The predicted octanol–water partition coefficient (Wildman–Crippen LogP) is 3.51. The predicted molar refractivity (Wildman–Crippen MR) is 82.3 cm³/mol. The molecule has 2 N–H and O–H groups in total. The molecule has 2 nitrogen and oxygen atoms in total. The van der Waals surface area contributed by atoms with Crippen LogP contribution < -0.4 is 5.73 Å². The van der Waals surface area contributed by atoms with Crippen LogP contribution in [0.1, 0.15) is 56.2 Å². The molecule has 0 spiro atoms. The Balaban J connectivity index is 1.79. The second-order valence-electron chi connectivity index (χ2n) is 5.79. The Morgan fingerprint density at radius 3 is 2.47 bits per heavy atom. The van der Waals surface area contributed by atoms with Gasteiger partial charge in [0.1, 0.15) is 0 Å². The quantitative estimate of drug-likeness (QED) is 0.813. The first-order valence-electron chi connectivity index (χ1n) is 7.86.